The summed E-state index contributed by atoms with van der Waals surface area (Å²) < 4.78 is 10.5. The molecule has 0 N–H and O–H groups in total. The summed E-state index contributed by atoms with van der Waals surface area (Å²) in [5.41, 5.74) is 0. The number of hydrogen-bond donors (Lipinski definition) is 0. The van der Waals surface area contributed by atoms with Gasteiger partial charge in [0.2, 0.25) is 0 Å². The lowest BCUT2D eigenvalue weighted by atomic mass is 10.1. The van der Waals surface area contributed by atoms with Crippen LogP contribution in [0.1, 0.15) is 111 Å². The van der Waals surface area contributed by atoms with Crippen molar-refractivity contribution in [2.24, 2.45) is 0 Å². The van der Waals surface area contributed by atoms with Crippen LogP contribution in [-0.4, -0.2) is 24.6 Å². The fourth-order valence-corrected chi connectivity index (χ4v) is 2.78. The molecule has 0 spiro atoms. The molecule has 0 saturated carbocycles. The molecule has 0 aromatic heterocycles. The van der Waals surface area contributed by atoms with Crippen LogP contribution >= 0.6 is 0 Å². The third-order valence-electron chi connectivity index (χ3n) is 4.30. The van der Waals surface area contributed by atoms with E-state index in [0.29, 0.717) is 19.4 Å². The number of carbonyl (C=O) groups excluding carboxylic acids is 2. The molecule has 0 aliphatic rings. The maximum absolute atomic E-state index is 11.6. The number of rotatable bonds is 17. The lowest BCUT2D eigenvalue weighted by Crippen LogP contribution is -2.14. The molecule has 25 heavy (non-hydrogen) atoms. The van der Waals surface area contributed by atoms with Crippen molar-refractivity contribution in [1.29, 1.82) is 0 Å². The first-order valence-electron chi connectivity index (χ1n) is 10.4. The van der Waals surface area contributed by atoms with Gasteiger partial charge in [0, 0.05) is 12.8 Å². The van der Waals surface area contributed by atoms with Crippen LogP contribution < -0.4 is 0 Å². The van der Waals surface area contributed by atoms with Crippen LogP contribution in [0.15, 0.2) is 0 Å². The summed E-state index contributed by atoms with van der Waals surface area (Å²) in [5.74, 6) is -0.229. The molecule has 0 aliphatic carbocycles. The summed E-state index contributed by atoms with van der Waals surface area (Å²) in [6, 6.07) is 0. The maximum Gasteiger partial charge on any atom is 0.306 e. The Balaban J connectivity index is 3.36. The van der Waals surface area contributed by atoms with Crippen molar-refractivity contribution < 1.29 is 19.1 Å². The summed E-state index contributed by atoms with van der Waals surface area (Å²) in [6.07, 6.45) is 13.9. The second kappa shape index (κ2) is 17.8. The zero-order valence-electron chi connectivity index (χ0n) is 16.8. The summed E-state index contributed by atoms with van der Waals surface area (Å²) in [5, 5.41) is 0. The van der Waals surface area contributed by atoms with Gasteiger partial charge < -0.3 is 9.47 Å². The van der Waals surface area contributed by atoms with Crippen molar-refractivity contribution in [3.05, 3.63) is 0 Å². The van der Waals surface area contributed by atoms with Crippen LogP contribution in [0.2, 0.25) is 0 Å². The Morgan fingerprint density at radius 2 is 1.28 bits per heavy atom. The molecule has 0 radical (unpaired) electrons. The zero-order valence-corrected chi connectivity index (χ0v) is 16.8. The number of hydrogen-bond acceptors (Lipinski definition) is 4. The number of carbonyl (C=O) groups is 2. The fraction of sp³-hybridized carbons (Fsp3) is 0.905. The van der Waals surface area contributed by atoms with Gasteiger partial charge in [-0.3, -0.25) is 9.59 Å². The first-order valence-corrected chi connectivity index (χ1v) is 10.4. The second-order valence-corrected chi connectivity index (χ2v) is 6.99. The Kier molecular flexibility index (Phi) is 17.0. The van der Waals surface area contributed by atoms with Crippen LogP contribution in [0.3, 0.4) is 0 Å². The number of esters is 2. The molecule has 0 rings (SSSR count). The molecule has 0 bridgehead atoms. The predicted octanol–water partition coefficient (Wildman–Crippen LogP) is 5.96. The molecular weight excluding hydrogens is 316 g/mol. The largest absolute Gasteiger partial charge is 0.466 e. The minimum absolute atomic E-state index is 0.0131. The first-order chi connectivity index (χ1) is 12.1. The normalized spacial score (nSPS) is 12.0. The van der Waals surface area contributed by atoms with Gasteiger partial charge in [-0.05, 0) is 32.6 Å². The third kappa shape index (κ3) is 17.6. The standard InChI is InChI=1S/C21H40O4/c1-4-6-7-8-9-10-14-18-24-20(22)16-12-11-13-17-21(23)25-19(3)15-5-2/h19H,4-18H2,1-3H3. The second-order valence-electron chi connectivity index (χ2n) is 6.99. The van der Waals surface area contributed by atoms with Gasteiger partial charge in [-0.2, -0.15) is 0 Å². The van der Waals surface area contributed by atoms with E-state index in [2.05, 4.69) is 13.8 Å². The Morgan fingerprint density at radius 1 is 0.720 bits per heavy atom. The van der Waals surface area contributed by atoms with E-state index in [-0.39, 0.29) is 18.0 Å². The van der Waals surface area contributed by atoms with E-state index in [1.54, 1.807) is 0 Å². The van der Waals surface area contributed by atoms with Gasteiger partial charge in [-0.15, -0.1) is 0 Å². The van der Waals surface area contributed by atoms with Gasteiger partial charge in [0.25, 0.3) is 0 Å². The van der Waals surface area contributed by atoms with E-state index < -0.39 is 0 Å². The van der Waals surface area contributed by atoms with Gasteiger partial charge in [0.05, 0.1) is 12.7 Å². The van der Waals surface area contributed by atoms with Gasteiger partial charge in [0.1, 0.15) is 0 Å². The molecule has 0 aliphatic heterocycles. The van der Waals surface area contributed by atoms with Crippen LogP contribution in [-0.2, 0) is 19.1 Å². The maximum atomic E-state index is 11.6. The Labute approximate surface area is 155 Å². The average molecular weight is 357 g/mol. The molecule has 0 aromatic carbocycles. The SMILES string of the molecule is CCCCCCCCCOC(=O)CCCCCC(=O)OC(C)CCC. The van der Waals surface area contributed by atoms with Gasteiger partial charge in [-0.1, -0.05) is 65.2 Å². The number of unbranched alkanes of at least 4 members (excludes halogenated alkanes) is 8. The van der Waals surface area contributed by atoms with Crippen molar-refractivity contribution in [2.45, 2.75) is 117 Å². The lowest BCUT2D eigenvalue weighted by molar-refractivity contribution is -0.148. The first kappa shape index (κ1) is 23.9. The highest BCUT2D eigenvalue weighted by molar-refractivity contribution is 5.70. The van der Waals surface area contributed by atoms with Crippen molar-refractivity contribution in [2.75, 3.05) is 6.61 Å². The van der Waals surface area contributed by atoms with Crippen LogP contribution in [0.4, 0.5) is 0 Å². The lowest BCUT2D eigenvalue weighted by Gasteiger charge is -2.11. The van der Waals surface area contributed by atoms with Crippen LogP contribution in [0.25, 0.3) is 0 Å². The molecule has 148 valence electrons. The van der Waals surface area contributed by atoms with E-state index in [0.717, 1.165) is 44.9 Å². The van der Waals surface area contributed by atoms with E-state index in [1.165, 1.54) is 32.1 Å². The van der Waals surface area contributed by atoms with Crippen molar-refractivity contribution >= 4 is 11.9 Å². The molecule has 0 fully saturated rings. The average Bonchev–Trinajstić information content (AvgIpc) is 2.57. The Morgan fingerprint density at radius 3 is 1.92 bits per heavy atom. The molecular formula is C21H40O4. The van der Waals surface area contributed by atoms with Gasteiger partial charge >= 0.3 is 11.9 Å². The predicted molar refractivity (Wildman–Crippen MR) is 102 cm³/mol. The van der Waals surface area contributed by atoms with E-state index in [1.807, 2.05) is 6.92 Å². The molecule has 4 heteroatoms. The van der Waals surface area contributed by atoms with Crippen LogP contribution in [0.5, 0.6) is 0 Å². The highest BCUT2D eigenvalue weighted by atomic mass is 16.5. The Hall–Kier alpha value is -1.06. The summed E-state index contributed by atoms with van der Waals surface area (Å²) >= 11 is 0. The minimum Gasteiger partial charge on any atom is -0.466 e. The van der Waals surface area contributed by atoms with Gasteiger partial charge in [0.15, 0.2) is 0 Å². The number of ether oxygens (including phenoxy) is 2. The van der Waals surface area contributed by atoms with Crippen molar-refractivity contribution in [3.8, 4) is 0 Å². The van der Waals surface area contributed by atoms with Crippen LogP contribution in [0, 0.1) is 0 Å². The topological polar surface area (TPSA) is 52.6 Å². The molecule has 1 atom stereocenters. The molecule has 0 heterocycles. The molecule has 1 unspecified atom stereocenters. The minimum atomic E-state index is -0.123. The Bertz CT molecular complexity index is 328. The zero-order chi connectivity index (χ0) is 18.8. The summed E-state index contributed by atoms with van der Waals surface area (Å²) in [7, 11) is 0. The highest BCUT2D eigenvalue weighted by Gasteiger charge is 2.08. The molecule has 0 aromatic rings. The molecule has 0 amide bonds. The van der Waals surface area contributed by atoms with Gasteiger partial charge in [-0.25, -0.2) is 0 Å². The summed E-state index contributed by atoms with van der Waals surface area (Å²) in [4.78, 5) is 23.2. The molecule has 0 saturated heterocycles. The van der Waals surface area contributed by atoms with E-state index >= 15 is 0 Å². The third-order valence-corrected chi connectivity index (χ3v) is 4.30. The quantitative estimate of drug-likeness (QED) is 0.238. The summed E-state index contributed by atoms with van der Waals surface area (Å²) in [6.45, 7) is 6.78. The van der Waals surface area contributed by atoms with E-state index in [4.69, 9.17) is 9.47 Å². The highest BCUT2D eigenvalue weighted by Crippen LogP contribution is 2.09. The monoisotopic (exact) mass is 356 g/mol. The van der Waals surface area contributed by atoms with Crippen molar-refractivity contribution in [3.63, 3.8) is 0 Å². The molecule has 4 nitrogen and oxygen atoms in total. The smallest absolute Gasteiger partial charge is 0.306 e. The fourth-order valence-electron chi connectivity index (χ4n) is 2.78. The van der Waals surface area contributed by atoms with Crippen molar-refractivity contribution in [1.82, 2.24) is 0 Å². The van der Waals surface area contributed by atoms with E-state index in [9.17, 15) is 9.59 Å².